The number of hydrogen-bond donors (Lipinski definition) is 0. The molecule has 0 fully saturated rings. The van der Waals surface area contributed by atoms with Gasteiger partial charge in [-0.2, -0.15) is 0 Å². The molecular formula is C15H19BrO2. The van der Waals surface area contributed by atoms with Crippen LogP contribution in [-0.4, -0.2) is 17.4 Å². The van der Waals surface area contributed by atoms with Gasteiger partial charge in [-0.1, -0.05) is 72.1 Å². The van der Waals surface area contributed by atoms with Crippen molar-refractivity contribution in [2.45, 2.75) is 31.0 Å². The molecule has 1 aromatic rings. The van der Waals surface area contributed by atoms with E-state index in [0.29, 0.717) is 6.61 Å². The molecular weight excluding hydrogens is 292 g/mol. The van der Waals surface area contributed by atoms with Gasteiger partial charge in [-0.05, 0) is 18.1 Å². The van der Waals surface area contributed by atoms with Gasteiger partial charge in [0.15, 0.2) is 0 Å². The van der Waals surface area contributed by atoms with Crippen LogP contribution in [0, 0.1) is 0 Å². The van der Waals surface area contributed by atoms with Crippen LogP contribution >= 0.6 is 15.9 Å². The number of hydrogen-bond acceptors (Lipinski definition) is 2. The van der Waals surface area contributed by atoms with Crippen molar-refractivity contribution >= 4 is 28.0 Å². The minimum atomic E-state index is -0.179. The summed E-state index contributed by atoms with van der Waals surface area (Å²) in [6.07, 6.45) is 6.75. The maximum absolute atomic E-state index is 11.6. The van der Waals surface area contributed by atoms with Gasteiger partial charge in [-0.25, -0.2) is 0 Å². The summed E-state index contributed by atoms with van der Waals surface area (Å²) < 4.78 is 5.15. The van der Waals surface area contributed by atoms with Crippen LogP contribution in [0.4, 0.5) is 0 Å². The largest absolute Gasteiger partial charge is 0.461 e. The highest BCUT2D eigenvalue weighted by Gasteiger charge is 2.14. The van der Waals surface area contributed by atoms with Crippen molar-refractivity contribution in [3.05, 3.63) is 42.0 Å². The van der Waals surface area contributed by atoms with E-state index < -0.39 is 0 Å². The predicted molar refractivity (Wildman–Crippen MR) is 78.7 cm³/mol. The Balaban J connectivity index is 2.25. The lowest BCUT2D eigenvalue weighted by Gasteiger charge is -2.07. The molecule has 1 atom stereocenters. The van der Waals surface area contributed by atoms with E-state index in [9.17, 15) is 4.79 Å². The highest BCUT2D eigenvalue weighted by molar-refractivity contribution is 9.10. The Bertz CT molecular complexity index is 373. The summed E-state index contributed by atoms with van der Waals surface area (Å²) in [5.74, 6) is -0.179. The fourth-order valence-electron chi connectivity index (χ4n) is 1.47. The first kappa shape index (κ1) is 15.0. The fraction of sp³-hybridized carbons (Fsp3) is 0.400. The van der Waals surface area contributed by atoms with Crippen LogP contribution in [-0.2, 0) is 9.53 Å². The van der Waals surface area contributed by atoms with Gasteiger partial charge in [-0.3, -0.25) is 4.79 Å². The predicted octanol–water partition coefficient (Wildman–Crippen LogP) is 4.20. The molecule has 0 aliphatic rings. The maximum Gasteiger partial charge on any atom is 0.320 e. The first-order valence-electron chi connectivity index (χ1n) is 6.26. The Morgan fingerprint density at radius 3 is 2.78 bits per heavy atom. The van der Waals surface area contributed by atoms with Crippen LogP contribution in [0.2, 0.25) is 0 Å². The summed E-state index contributed by atoms with van der Waals surface area (Å²) in [4.78, 5) is 11.4. The normalized spacial score (nSPS) is 12.6. The molecule has 1 rings (SSSR count). The molecule has 0 amide bonds. The van der Waals surface area contributed by atoms with E-state index in [1.165, 1.54) is 0 Å². The third-order valence-electron chi connectivity index (χ3n) is 2.50. The fourth-order valence-corrected chi connectivity index (χ4v) is 1.93. The third kappa shape index (κ3) is 6.01. The second-order valence-corrected chi connectivity index (χ2v) is 5.16. The lowest BCUT2D eigenvalue weighted by Crippen LogP contribution is -2.17. The topological polar surface area (TPSA) is 26.3 Å². The highest BCUT2D eigenvalue weighted by Crippen LogP contribution is 2.11. The van der Waals surface area contributed by atoms with Crippen molar-refractivity contribution < 1.29 is 9.53 Å². The number of alkyl halides is 1. The summed E-state index contributed by atoms with van der Waals surface area (Å²) in [6, 6.07) is 9.94. The van der Waals surface area contributed by atoms with Gasteiger partial charge < -0.3 is 4.74 Å². The Labute approximate surface area is 117 Å². The molecule has 0 heterocycles. The lowest BCUT2D eigenvalue weighted by atomic mass is 10.2. The average Bonchev–Trinajstić information content (AvgIpc) is 2.41. The summed E-state index contributed by atoms with van der Waals surface area (Å²) in [6.45, 7) is 2.43. The van der Waals surface area contributed by atoms with Crippen molar-refractivity contribution in [1.29, 1.82) is 0 Å². The average molecular weight is 311 g/mol. The van der Waals surface area contributed by atoms with Crippen molar-refractivity contribution in [2.24, 2.45) is 0 Å². The molecule has 0 aromatic heterocycles. The molecule has 0 saturated carbocycles. The van der Waals surface area contributed by atoms with Crippen LogP contribution < -0.4 is 0 Å². The highest BCUT2D eigenvalue weighted by atomic mass is 79.9. The zero-order valence-corrected chi connectivity index (χ0v) is 12.2. The molecule has 0 bridgehead atoms. The number of esters is 1. The lowest BCUT2D eigenvalue weighted by molar-refractivity contribution is -0.141. The smallest absolute Gasteiger partial charge is 0.320 e. The molecule has 0 aliphatic heterocycles. The van der Waals surface area contributed by atoms with Gasteiger partial charge in [0.1, 0.15) is 11.4 Å². The first-order valence-corrected chi connectivity index (χ1v) is 7.18. The van der Waals surface area contributed by atoms with Crippen molar-refractivity contribution in [2.75, 3.05) is 6.61 Å². The van der Waals surface area contributed by atoms with Crippen molar-refractivity contribution in [1.82, 2.24) is 0 Å². The van der Waals surface area contributed by atoms with Gasteiger partial charge in [0.25, 0.3) is 0 Å². The third-order valence-corrected chi connectivity index (χ3v) is 3.33. The summed E-state index contributed by atoms with van der Waals surface area (Å²) in [7, 11) is 0. The second kappa shape index (κ2) is 8.92. The zero-order valence-electron chi connectivity index (χ0n) is 10.6. The Hall–Kier alpha value is -1.09. The Morgan fingerprint density at radius 1 is 1.39 bits per heavy atom. The number of carbonyl (C=O) groups excluding carboxylic acids is 1. The number of unbranched alkanes of at least 4 members (excludes halogenated alkanes) is 1. The molecule has 98 valence electrons. The van der Waals surface area contributed by atoms with E-state index in [1.54, 1.807) is 0 Å². The molecule has 3 heteroatoms. The van der Waals surface area contributed by atoms with Crippen LogP contribution in [0.25, 0.3) is 6.08 Å². The van der Waals surface area contributed by atoms with E-state index in [1.807, 2.05) is 42.5 Å². The van der Waals surface area contributed by atoms with Crippen LogP contribution in [0.15, 0.2) is 36.4 Å². The molecule has 2 nitrogen and oxygen atoms in total. The number of carbonyl (C=O) groups is 1. The molecule has 0 saturated heterocycles. The standard InChI is InChI=1S/C15H19BrO2/c1-2-3-11-14(16)15(17)18-12-7-10-13-8-5-4-6-9-13/h4-10,14H,2-3,11-12H2,1H3/b10-7+. The van der Waals surface area contributed by atoms with Gasteiger partial charge in [0, 0.05) is 0 Å². The molecule has 0 aliphatic carbocycles. The maximum atomic E-state index is 11.6. The molecule has 0 radical (unpaired) electrons. The molecule has 0 N–H and O–H groups in total. The minimum absolute atomic E-state index is 0.178. The van der Waals surface area contributed by atoms with E-state index in [4.69, 9.17) is 4.74 Å². The van der Waals surface area contributed by atoms with Gasteiger partial charge >= 0.3 is 5.97 Å². The number of ether oxygens (including phenoxy) is 1. The van der Waals surface area contributed by atoms with Gasteiger partial charge in [0.2, 0.25) is 0 Å². The van der Waals surface area contributed by atoms with E-state index in [-0.39, 0.29) is 10.8 Å². The van der Waals surface area contributed by atoms with Gasteiger partial charge in [0.05, 0.1) is 0 Å². The van der Waals surface area contributed by atoms with Crippen molar-refractivity contribution in [3.8, 4) is 0 Å². The number of benzene rings is 1. The quantitative estimate of drug-likeness (QED) is 0.557. The van der Waals surface area contributed by atoms with E-state index in [0.717, 1.165) is 24.8 Å². The summed E-state index contributed by atoms with van der Waals surface area (Å²) in [5.41, 5.74) is 1.11. The molecule has 1 unspecified atom stereocenters. The SMILES string of the molecule is CCCCC(Br)C(=O)OC/C=C/c1ccccc1. The zero-order chi connectivity index (χ0) is 13.2. The number of rotatable bonds is 7. The van der Waals surface area contributed by atoms with E-state index >= 15 is 0 Å². The molecule has 0 spiro atoms. The van der Waals surface area contributed by atoms with Crippen molar-refractivity contribution in [3.63, 3.8) is 0 Å². The molecule has 1 aromatic carbocycles. The van der Waals surface area contributed by atoms with Crippen LogP contribution in [0.1, 0.15) is 31.7 Å². The van der Waals surface area contributed by atoms with Crippen LogP contribution in [0.3, 0.4) is 0 Å². The molecule has 18 heavy (non-hydrogen) atoms. The Kier molecular flexibility index (Phi) is 7.42. The van der Waals surface area contributed by atoms with Gasteiger partial charge in [-0.15, -0.1) is 0 Å². The van der Waals surface area contributed by atoms with Crippen LogP contribution in [0.5, 0.6) is 0 Å². The summed E-state index contributed by atoms with van der Waals surface area (Å²) >= 11 is 3.34. The number of halogens is 1. The first-order chi connectivity index (χ1) is 8.74. The minimum Gasteiger partial charge on any atom is -0.461 e. The summed E-state index contributed by atoms with van der Waals surface area (Å²) in [5, 5.41) is 0. The van der Waals surface area contributed by atoms with E-state index in [2.05, 4.69) is 22.9 Å². The second-order valence-electron chi connectivity index (χ2n) is 4.05. The monoisotopic (exact) mass is 310 g/mol. The Morgan fingerprint density at radius 2 is 2.11 bits per heavy atom.